The summed E-state index contributed by atoms with van der Waals surface area (Å²) in [5, 5.41) is 12.2. The van der Waals surface area contributed by atoms with Gasteiger partial charge in [-0.05, 0) is 57.9 Å². The van der Waals surface area contributed by atoms with Crippen molar-refractivity contribution in [2.24, 2.45) is 0 Å². The highest BCUT2D eigenvalue weighted by Gasteiger charge is 2.52. The first-order valence-corrected chi connectivity index (χ1v) is 6.84. The first-order chi connectivity index (χ1) is 9.30. The zero-order valence-corrected chi connectivity index (χ0v) is 12.8. The lowest BCUT2D eigenvalue weighted by Crippen LogP contribution is -2.41. The van der Waals surface area contributed by atoms with Gasteiger partial charge in [-0.1, -0.05) is 6.07 Å². The predicted octanol–water partition coefficient (Wildman–Crippen LogP) is 1.58. The van der Waals surface area contributed by atoms with Gasteiger partial charge in [0.2, 0.25) is 0 Å². The van der Waals surface area contributed by atoms with Gasteiger partial charge in [0.05, 0.1) is 22.8 Å². The van der Waals surface area contributed by atoms with Gasteiger partial charge in [0.15, 0.2) is 0 Å². The molecule has 0 aromatic heterocycles. The van der Waals surface area contributed by atoms with E-state index in [1.54, 1.807) is 0 Å². The van der Waals surface area contributed by atoms with E-state index in [9.17, 15) is 0 Å². The lowest BCUT2D eigenvalue weighted by atomic mass is 9.75. The molecule has 0 radical (unpaired) electrons. The molecule has 0 unspecified atom stereocenters. The Kier molecular flexibility index (Phi) is 3.92. The molecule has 4 nitrogen and oxygen atoms in total. The Morgan fingerprint density at radius 2 is 1.80 bits per heavy atom. The normalized spacial score (nSPS) is 19.9. The van der Waals surface area contributed by atoms with E-state index in [1.165, 1.54) is 0 Å². The molecule has 1 aliphatic heterocycles. The summed E-state index contributed by atoms with van der Waals surface area (Å²) < 4.78 is 12.2. The standard InChI is InChI=1S/C15H21BN2O2/c1-14(2)15(3,4)20-16(19-14)13-8-11(9-17)6-7-12(13)10-18-5/h6-8,18H,10H2,1-5H3. The second-order valence-corrected chi connectivity index (χ2v) is 6.14. The molecule has 1 heterocycles. The van der Waals surface area contributed by atoms with Crippen molar-refractivity contribution in [1.29, 1.82) is 5.26 Å². The van der Waals surface area contributed by atoms with Crippen LogP contribution in [0, 0.1) is 11.3 Å². The minimum absolute atomic E-state index is 0.378. The van der Waals surface area contributed by atoms with Crippen molar-refractivity contribution in [3.05, 3.63) is 29.3 Å². The molecule has 0 saturated carbocycles. The molecular formula is C15H21BN2O2. The van der Waals surface area contributed by atoms with Crippen LogP contribution in [0.5, 0.6) is 0 Å². The molecule has 0 aliphatic carbocycles. The maximum absolute atomic E-state index is 9.08. The number of nitriles is 1. The van der Waals surface area contributed by atoms with E-state index in [4.69, 9.17) is 14.6 Å². The molecule has 0 atom stereocenters. The molecular weight excluding hydrogens is 251 g/mol. The summed E-state index contributed by atoms with van der Waals surface area (Å²) in [4.78, 5) is 0. The van der Waals surface area contributed by atoms with Crippen LogP contribution < -0.4 is 10.8 Å². The largest absolute Gasteiger partial charge is 0.495 e. The van der Waals surface area contributed by atoms with Crippen LogP contribution in [-0.4, -0.2) is 25.4 Å². The fraction of sp³-hybridized carbons (Fsp3) is 0.533. The highest BCUT2D eigenvalue weighted by atomic mass is 16.7. The molecule has 0 bridgehead atoms. The third kappa shape index (κ3) is 2.60. The highest BCUT2D eigenvalue weighted by Crippen LogP contribution is 2.36. The Labute approximate surface area is 121 Å². The van der Waals surface area contributed by atoms with E-state index in [1.807, 2.05) is 52.9 Å². The third-order valence-corrected chi connectivity index (χ3v) is 4.15. The summed E-state index contributed by atoms with van der Waals surface area (Å²) in [5.41, 5.74) is 1.88. The highest BCUT2D eigenvalue weighted by molar-refractivity contribution is 6.62. The first-order valence-electron chi connectivity index (χ1n) is 6.84. The number of nitrogens with zero attached hydrogens (tertiary/aromatic N) is 1. The van der Waals surface area contributed by atoms with Gasteiger partial charge in [-0.15, -0.1) is 0 Å². The summed E-state index contributed by atoms with van der Waals surface area (Å²) in [6, 6.07) is 7.80. The van der Waals surface area contributed by atoms with Crippen LogP contribution in [0.15, 0.2) is 18.2 Å². The summed E-state index contributed by atoms with van der Waals surface area (Å²) in [6.07, 6.45) is 0. The van der Waals surface area contributed by atoms with Crippen molar-refractivity contribution >= 4 is 12.6 Å². The summed E-state index contributed by atoms with van der Waals surface area (Å²) in [5.74, 6) is 0. The maximum atomic E-state index is 9.08. The number of nitrogens with one attached hydrogen (secondary N) is 1. The van der Waals surface area contributed by atoms with Gasteiger partial charge in [-0.25, -0.2) is 0 Å². The predicted molar refractivity (Wildman–Crippen MR) is 79.6 cm³/mol. The third-order valence-electron chi connectivity index (χ3n) is 4.15. The quantitative estimate of drug-likeness (QED) is 0.849. The topological polar surface area (TPSA) is 54.3 Å². The maximum Gasteiger partial charge on any atom is 0.495 e. The molecule has 1 aromatic rings. The average Bonchev–Trinajstić information content (AvgIpc) is 2.59. The number of benzene rings is 1. The van der Waals surface area contributed by atoms with Crippen molar-refractivity contribution in [1.82, 2.24) is 5.32 Å². The Morgan fingerprint density at radius 3 is 2.30 bits per heavy atom. The van der Waals surface area contributed by atoms with Crippen LogP contribution in [0.1, 0.15) is 38.8 Å². The van der Waals surface area contributed by atoms with Crippen LogP contribution in [-0.2, 0) is 15.9 Å². The van der Waals surface area contributed by atoms with Gasteiger partial charge < -0.3 is 14.6 Å². The molecule has 2 rings (SSSR count). The average molecular weight is 272 g/mol. The van der Waals surface area contributed by atoms with E-state index in [0.29, 0.717) is 12.1 Å². The van der Waals surface area contributed by atoms with Crippen molar-refractivity contribution in [3.63, 3.8) is 0 Å². The fourth-order valence-electron chi connectivity index (χ4n) is 2.21. The molecule has 106 valence electrons. The van der Waals surface area contributed by atoms with Gasteiger partial charge in [0.25, 0.3) is 0 Å². The fourth-order valence-corrected chi connectivity index (χ4v) is 2.21. The Hall–Kier alpha value is -1.35. The first kappa shape index (κ1) is 15.1. The molecule has 20 heavy (non-hydrogen) atoms. The second kappa shape index (κ2) is 5.21. The number of hydrogen-bond acceptors (Lipinski definition) is 4. The second-order valence-electron chi connectivity index (χ2n) is 6.14. The van der Waals surface area contributed by atoms with Crippen LogP contribution in [0.3, 0.4) is 0 Å². The number of hydrogen-bond donors (Lipinski definition) is 1. The van der Waals surface area contributed by atoms with Crippen LogP contribution in [0.4, 0.5) is 0 Å². The Morgan fingerprint density at radius 1 is 1.20 bits per heavy atom. The van der Waals surface area contributed by atoms with Gasteiger partial charge in [0, 0.05) is 6.54 Å². The molecule has 5 heteroatoms. The molecule has 0 spiro atoms. The van der Waals surface area contributed by atoms with Gasteiger partial charge in [-0.3, -0.25) is 0 Å². The molecule has 1 fully saturated rings. The van der Waals surface area contributed by atoms with E-state index in [0.717, 1.165) is 11.0 Å². The van der Waals surface area contributed by atoms with E-state index < -0.39 is 7.12 Å². The molecule has 1 aliphatic rings. The van der Waals surface area contributed by atoms with Crippen LogP contribution >= 0.6 is 0 Å². The van der Waals surface area contributed by atoms with Crippen molar-refractivity contribution in [2.75, 3.05) is 7.05 Å². The van der Waals surface area contributed by atoms with Gasteiger partial charge in [-0.2, -0.15) is 5.26 Å². The van der Waals surface area contributed by atoms with E-state index in [2.05, 4.69) is 11.4 Å². The van der Waals surface area contributed by atoms with E-state index >= 15 is 0 Å². The zero-order chi connectivity index (χ0) is 15.0. The minimum atomic E-state index is -0.434. The van der Waals surface area contributed by atoms with Crippen molar-refractivity contribution < 1.29 is 9.31 Å². The van der Waals surface area contributed by atoms with Crippen LogP contribution in [0.25, 0.3) is 0 Å². The monoisotopic (exact) mass is 272 g/mol. The molecule has 1 saturated heterocycles. The summed E-state index contributed by atoms with van der Waals surface area (Å²) in [7, 11) is 1.46. The van der Waals surface area contributed by atoms with Crippen molar-refractivity contribution in [2.45, 2.75) is 45.4 Å². The van der Waals surface area contributed by atoms with Crippen molar-refractivity contribution in [3.8, 4) is 6.07 Å². The lowest BCUT2D eigenvalue weighted by Gasteiger charge is -2.32. The van der Waals surface area contributed by atoms with Gasteiger partial charge >= 0.3 is 7.12 Å². The SMILES string of the molecule is CNCc1ccc(C#N)cc1B1OC(C)(C)C(C)(C)O1. The molecule has 1 N–H and O–H groups in total. The smallest absolute Gasteiger partial charge is 0.399 e. The number of rotatable bonds is 3. The molecule has 1 aromatic carbocycles. The Bertz CT molecular complexity index is 533. The zero-order valence-electron chi connectivity index (χ0n) is 12.8. The van der Waals surface area contributed by atoms with Crippen LogP contribution in [0.2, 0.25) is 0 Å². The summed E-state index contributed by atoms with van der Waals surface area (Å²) in [6.45, 7) is 8.82. The van der Waals surface area contributed by atoms with E-state index in [-0.39, 0.29) is 11.2 Å². The van der Waals surface area contributed by atoms with Gasteiger partial charge in [0.1, 0.15) is 0 Å². The molecule has 0 amide bonds. The summed E-state index contributed by atoms with van der Waals surface area (Å²) >= 11 is 0. The Balaban J connectivity index is 2.40. The minimum Gasteiger partial charge on any atom is -0.399 e. The lowest BCUT2D eigenvalue weighted by molar-refractivity contribution is 0.00578.